The van der Waals surface area contributed by atoms with Gasteiger partial charge in [-0.2, -0.15) is 5.26 Å². The molecule has 0 aliphatic carbocycles. The maximum absolute atomic E-state index is 8.67. The quantitative estimate of drug-likeness (QED) is 0.372. The first-order chi connectivity index (χ1) is 9.95. The minimum Gasteiger partial charge on any atom is -0.382 e. The topological polar surface area (TPSA) is 54.7 Å². The molecule has 0 aromatic carbocycles. The Kier molecular flexibility index (Phi) is 8.77. The lowest BCUT2D eigenvalue weighted by Crippen LogP contribution is -2.34. The second-order valence-corrected chi connectivity index (χ2v) is 7.44. The van der Waals surface area contributed by atoms with Gasteiger partial charge in [-0.3, -0.25) is 0 Å². The minimum atomic E-state index is -1.14. The lowest BCUT2D eigenvalue weighted by atomic mass is 9.97. The van der Waals surface area contributed by atoms with E-state index in [-0.39, 0.29) is 6.10 Å². The largest absolute Gasteiger partial charge is 0.382 e. The van der Waals surface area contributed by atoms with Gasteiger partial charge in [-0.1, -0.05) is 0 Å². The van der Waals surface area contributed by atoms with Crippen LogP contribution in [0.5, 0.6) is 0 Å². The van der Waals surface area contributed by atoms with Crippen LogP contribution >= 0.6 is 8.53 Å². The maximum Gasteiger partial charge on any atom is 0.259 e. The van der Waals surface area contributed by atoms with Gasteiger partial charge in [0, 0.05) is 18.1 Å². The fraction of sp³-hybridized carbons (Fsp3) is 0.929. The van der Waals surface area contributed by atoms with Crippen LogP contribution in [-0.4, -0.2) is 49.9 Å². The standard InChI is InChI=1S/C14H28BN2O3P/c1-11(2)17(12(3)4)21(18-9-5-8-16)19-10-13-6-7-14(15)20-13/h11-14H,5-7,9-10,15H2,1-4H3. The third-order valence-electron chi connectivity index (χ3n) is 3.35. The Balaban J connectivity index is 2.55. The Morgan fingerprint density at radius 3 is 2.43 bits per heavy atom. The van der Waals surface area contributed by atoms with Crippen LogP contribution in [0.3, 0.4) is 0 Å². The highest BCUT2D eigenvalue weighted by molar-refractivity contribution is 7.44. The fourth-order valence-electron chi connectivity index (χ4n) is 2.47. The van der Waals surface area contributed by atoms with Gasteiger partial charge in [0.2, 0.25) is 0 Å². The third kappa shape index (κ3) is 6.63. The maximum atomic E-state index is 8.67. The molecule has 0 spiro atoms. The molecule has 1 aliphatic heterocycles. The molecule has 0 amide bonds. The van der Waals surface area contributed by atoms with E-state index in [1.165, 1.54) is 0 Å². The molecular formula is C14H28BN2O3P. The molecular weight excluding hydrogens is 286 g/mol. The highest BCUT2D eigenvalue weighted by Gasteiger charge is 2.29. The van der Waals surface area contributed by atoms with Crippen LogP contribution in [0, 0.1) is 11.3 Å². The van der Waals surface area contributed by atoms with E-state index in [2.05, 4.69) is 46.3 Å². The van der Waals surface area contributed by atoms with E-state index in [9.17, 15) is 0 Å². The van der Waals surface area contributed by atoms with Gasteiger partial charge in [0.25, 0.3) is 8.53 Å². The molecule has 0 aromatic rings. The molecule has 0 N–H and O–H groups in total. The van der Waals surface area contributed by atoms with Crippen molar-refractivity contribution in [3.05, 3.63) is 0 Å². The van der Waals surface area contributed by atoms with E-state index >= 15 is 0 Å². The predicted molar refractivity (Wildman–Crippen MR) is 87.6 cm³/mol. The van der Waals surface area contributed by atoms with Crippen molar-refractivity contribution in [2.45, 2.75) is 71.1 Å². The van der Waals surface area contributed by atoms with Crippen LogP contribution in [-0.2, 0) is 13.8 Å². The number of hydrogen-bond donors (Lipinski definition) is 0. The molecule has 0 radical (unpaired) electrons. The summed E-state index contributed by atoms with van der Waals surface area (Å²) in [6.45, 7) is 9.54. The van der Waals surface area contributed by atoms with Crippen LogP contribution in [0.25, 0.3) is 0 Å². The third-order valence-corrected chi connectivity index (χ3v) is 5.43. The van der Waals surface area contributed by atoms with Gasteiger partial charge in [0.05, 0.1) is 31.8 Å². The summed E-state index contributed by atoms with van der Waals surface area (Å²) in [7, 11) is 0.955. The van der Waals surface area contributed by atoms with Gasteiger partial charge < -0.3 is 13.8 Å². The van der Waals surface area contributed by atoms with Gasteiger partial charge in [0.1, 0.15) is 7.85 Å². The van der Waals surface area contributed by atoms with Crippen molar-refractivity contribution in [1.29, 1.82) is 5.26 Å². The van der Waals surface area contributed by atoms with Crippen molar-refractivity contribution in [3.8, 4) is 6.07 Å². The summed E-state index contributed by atoms with van der Waals surface area (Å²) in [5.41, 5.74) is 0. The fourth-order valence-corrected chi connectivity index (χ4v) is 4.10. The molecule has 1 saturated heterocycles. The first kappa shape index (κ1) is 18.9. The molecule has 21 heavy (non-hydrogen) atoms. The van der Waals surface area contributed by atoms with Crippen LogP contribution < -0.4 is 0 Å². The van der Waals surface area contributed by atoms with Gasteiger partial charge in [-0.25, -0.2) is 4.67 Å². The van der Waals surface area contributed by atoms with Crippen LogP contribution in [0.1, 0.15) is 47.0 Å². The summed E-state index contributed by atoms with van der Waals surface area (Å²) in [4.78, 5) is 0. The molecule has 0 aromatic heterocycles. The Morgan fingerprint density at radius 1 is 1.29 bits per heavy atom. The Labute approximate surface area is 131 Å². The number of ether oxygens (including phenoxy) is 1. The molecule has 1 rings (SSSR count). The molecule has 3 unspecified atom stereocenters. The number of nitriles is 1. The zero-order valence-corrected chi connectivity index (χ0v) is 14.8. The Hall–Kier alpha value is -0.175. The highest BCUT2D eigenvalue weighted by Crippen LogP contribution is 2.46. The summed E-state index contributed by atoms with van der Waals surface area (Å²) < 4.78 is 19.9. The number of hydrogen-bond acceptors (Lipinski definition) is 5. The average Bonchev–Trinajstić information content (AvgIpc) is 2.80. The smallest absolute Gasteiger partial charge is 0.259 e. The van der Waals surface area contributed by atoms with E-state index in [1.54, 1.807) is 0 Å². The van der Waals surface area contributed by atoms with E-state index in [0.717, 1.165) is 12.8 Å². The summed E-state index contributed by atoms with van der Waals surface area (Å²) in [5, 5.41) is 8.67. The lowest BCUT2D eigenvalue weighted by Gasteiger charge is -2.35. The first-order valence-electron chi connectivity index (χ1n) is 7.82. The van der Waals surface area contributed by atoms with Crippen LogP contribution in [0.2, 0.25) is 0 Å². The Morgan fingerprint density at radius 2 is 1.95 bits per heavy atom. The van der Waals surface area contributed by atoms with E-state index < -0.39 is 8.53 Å². The van der Waals surface area contributed by atoms with E-state index in [1.807, 2.05) is 0 Å². The average molecular weight is 314 g/mol. The predicted octanol–water partition coefficient (Wildman–Crippen LogP) is 2.42. The normalized spacial score (nSPS) is 23.9. The van der Waals surface area contributed by atoms with Crippen LogP contribution in [0.15, 0.2) is 0 Å². The van der Waals surface area contributed by atoms with E-state index in [0.29, 0.717) is 37.7 Å². The van der Waals surface area contributed by atoms with Crippen molar-refractivity contribution >= 4 is 16.4 Å². The molecule has 3 atom stereocenters. The molecule has 1 fully saturated rings. The SMILES string of the molecule is BC1CCC(COP(OCCC#N)N(C(C)C)C(C)C)O1. The van der Waals surface area contributed by atoms with Crippen molar-refractivity contribution in [2.75, 3.05) is 13.2 Å². The molecule has 120 valence electrons. The number of rotatable bonds is 9. The van der Waals surface area contributed by atoms with Crippen molar-refractivity contribution in [3.63, 3.8) is 0 Å². The summed E-state index contributed by atoms with van der Waals surface area (Å²) in [6.07, 6.45) is 2.71. The number of nitrogens with zero attached hydrogens (tertiary/aromatic N) is 2. The zero-order valence-electron chi connectivity index (χ0n) is 13.9. The summed E-state index contributed by atoms with van der Waals surface area (Å²) in [6, 6.07) is 3.11. The minimum absolute atomic E-state index is 0.172. The van der Waals surface area contributed by atoms with Gasteiger partial charge in [0.15, 0.2) is 0 Å². The van der Waals surface area contributed by atoms with Gasteiger partial charge >= 0.3 is 0 Å². The molecule has 1 heterocycles. The summed E-state index contributed by atoms with van der Waals surface area (Å²) in [5.74, 6) is 0. The van der Waals surface area contributed by atoms with Crippen molar-refractivity contribution in [1.82, 2.24) is 4.67 Å². The van der Waals surface area contributed by atoms with Gasteiger partial charge in [-0.15, -0.1) is 0 Å². The second-order valence-electron chi connectivity index (χ2n) is 5.99. The lowest BCUT2D eigenvalue weighted by molar-refractivity contribution is 0.0434. The second kappa shape index (κ2) is 9.76. The van der Waals surface area contributed by atoms with Crippen molar-refractivity contribution < 1.29 is 13.8 Å². The van der Waals surface area contributed by atoms with Crippen LogP contribution in [0.4, 0.5) is 0 Å². The molecule has 0 bridgehead atoms. The molecule has 1 aliphatic rings. The Bertz CT molecular complexity index is 331. The highest BCUT2D eigenvalue weighted by atomic mass is 31.2. The summed E-state index contributed by atoms with van der Waals surface area (Å²) >= 11 is 0. The van der Waals surface area contributed by atoms with Gasteiger partial charge in [-0.05, 0) is 40.5 Å². The monoisotopic (exact) mass is 314 g/mol. The van der Waals surface area contributed by atoms with Crippen molar-refractivity contribution in [2.24, 2.45) is 0 Å². The molecule has 0 saturated carbocycles. The molecule has 5 nitrogen and oxygen atoms in total. The molecule has 7 heteroatoms. The van der Waals surface area contributed by atoms with E-state index in [4.69, 9.17) is 19.0 Å². The zero-order chi connectivity index (χ0) is 15.8. The first-order valence-corrected chi connectivity index (χ1v) is 8.95.